The van der Waals surface area contributed by atoms with Crippen LogP contribution in [0.4, 0.5) is 10.5 Å². The van der Waals surface area contributed by atoms with Crippen molar-refractivity contribution in [1.29, 1.82) is 0 Å². The van der Waals surface area contributed by atoms with Gasteiger partial charge in [-0.05, 0) is 69.5 Å². The van der Waals surface area contributed by atoms with Crippen LogP contribution in [-0.4, -0.2) is 36.1 Å². The zero-order valence-corrected chi connectivity index (χ0v) is 13.2. The van der Waals surface area contributed by atoms with E-state index in [4.69, 9.17) is 11.6 Å². The van der Waals surface area contributed by atoms with E-state index >= 15 is 0 Å². The summed E-state index contributed by atoms with van der Waals surface area (Å²) in [5, 5.41) is 6.65. The maximum Gasteiger partial charge on any atom is 0.319 e. The van der Waals surface area contributed by atoms with E-state index in [2.05, 4.69) is 15.5 Å². The monoisotopic (exact) mass is 307 g/mol. The first kappa shape index (κ1) is 14.7. The Hall–Kier alpha value is -1.26. The molecule has 1 aromatic carbocycles. The van der Waals surface area contributed by atoms with Gasteiger partial charge in [0.15, 0.2) is 0 Å². The van der Waals surface area contributed by atoms with Crippen LogP contribution in [-0.2, 0) is 0 Å². The maximum atomic E-state index is 12.1. The average Bonchev–Trinajstić information content (AvgIpc) is 2.99. The van der Waals surface area contributed by atoms with Gasteiger partial charge in [-0.25, -0.2) is 4.79 Å². The van der Waals surface area contributed by atoms with Crippen LogP contribution in [0.1, 0.15) is 31.2 Å². The smallest absolute Gasteiger partial charge is 0.319 e. The number of fused-ring (bicyclic) bond motifs is 1. The Labute approximate surface area is 130 Å². The number of carbonyl (C=O) groups is 1. The summed E-state index contributed by atoms with van der Waals surface area (Å²) in [6.45, 7) is 5.04. The lowest BCUT2D eigenvalue weighted by Gasteiger charge is -2.32. The second kappa shape index (κ2) is 5.85. The van der Waals surface area contributed by atoms with Gasteiger partial charge < -0.3 is 10.6 Å². The van der Waals surface area contributed by atoms with Crippen LogP contribution in [0.25, 0.3) is 0 Å². The number of nitrogens with zero attached hydrogens (tertiary/aromatic N) is 1. The van der Waals surface area contributed by atoms with E-state index in [9.17, 15) is 4.79 Å². The number of benzene rings is 1. The number of hydrogen-bond donors (Lipinski definition) is 2. The van der Waals surface area contributed by atoms with Gasteiger partial charge in [-0.3, -0.25) is 4.90 Å². The molecule has 2 saturated heterocycles. The molecule has 0 atom stereocenters. The quantitative estimate of drug-likeness (QED) is 0.899. The van der Waals surface area contributed by atoms with E-state index in [0.29, 0.717) is 5.02 Å². The molecular weight excluding hydrogens is 286 g/mol. The van der Waals surface area contributed by atoms with Gasteiger partial charge >= 0.3 is 6.03 Å². The fourth-order valence-electron chi connectivity index (χ4n) is 3.69. The molecular formula is C16H22ClN3O. The third-order valence-electron chi connectivity index (χ3n) is 4.83. The minimum atomic E-state index is -0.131. The number of carbonyl (C=O) groups excluding carboxylic acids is 1. The molecule has 4 nitrogen and oxygen atoms in total. The second-order valence-corrected chi connectivity index (χ2v) is 6.62. The first-order chi connectivity index (χ1) is 10.1. The van der Waals surface area contributed by atoms with Crippen LogP contribution < -0.4 is 10.6 Å². The van der Waals surface area contributed by atoms with Crippen molar-refractivity contribution in [3.8, 4) is 0 Å². The van der Waals surface area contributed by atoms with E-state index in [1.165, 1.54) is 38.8 Å². The minimum Gasteiger partial charge on any atom is -0.336 e. The van der Waals surface area contributed by atoms with Crippen LogP contribution in [0.2, 0.25) is 5.02 Å². The number of anilines is 1. The number of nitrogens with one attached hydrogen (secondary N) is 2. The molecule has 1 aromatic rings. The summed E-state index contributed by atoms with van der Waals surface area (Å²) in [6, 6.07) is 5.35. The predicted molar refractivity (Wildman–Crippen MR) is 86.0 cm³/mol. The number of aryl methyl sites for hydroxylation is 1. The Balaban J connectivity index is 1.57. The summed E-state index contributed by atoms with van der Waals surface area (Å²) in [4.78, 5) is 14.7. The molecule has 0 spiro atoms. The zero-order chi connectivity index (χ0) is 14.9. The van der Waals surface area contributed by atoms with E-state index in [1.54, 1.807) is 6.07 Å². The van der Waals surface area contributed by atoms with Gasteiger partial charge in [-0.1, -0.05) is 11.6 Å². The molecule has 2 aliphatic heterocycles. The highest BCUT2D eigenvalue weighted by Crippen LogP contribution is 2.38. The van der Waals surface area contributed by atoms with Crippen molar-refractivity contribution in [3.63, 3.8) is 0 Å². The van der Waals surface area contributed by atoms with Crippen LogP contribution in [0, 0.1) is 6.92 Å². The number of hydrogen-bond acceptors (Lipinski definition) is 2. The highest BCUT2D eigenvalue weighted by Gasteiger charge is 2.44. The Kier molecular flexibility index (Phi) is 4.09. The first-order valence-electron chi connectivity index (χ1n) is 7.65. The largest absolute Gasteiger partial charge is 0.336 e. The van der Waals surface area contributed by atoms with Gasteiger partial charge in [-0.2, -0.15) is 0 Å². The second-order valence-electron chi connectivity index (χ2n) is 6.19. The Morgan fingerprint density at radius 2 is 2.05 bits per heavy atom. The average molecular weight is 308 g/mol. The van der Waals surface area contributed by atoms with Crippen molar-refractivity contribution < 1.29 is 4.79 Å². The summed E-state index contributed by atoms with van der Waals surface area (Å²) in [6.07, 6.45) is 4.90. The van der Waals surface area contributed by atoms with Gasteiger partial charge in [0.1, 0.15) is 0 Å². The summed E-state index contributed by atoms with van der Waals surface area (Å²) >= 11 is 5.93. The van der Waals surface area contributed by atoms with Crippen molar-refractivity contribution in [2.45, 2.75) is 38.1 Å². The maximum absolute atomic E-state index is 12.1. The van der Waals surface area contributed by atoms with Crippen LogP contribution >= 0.6 is 11.6 Å². The molecule has 2 amide bonds. The predicted octanol–water partition coefficient (Wildman–Crippen LogP) is 3.40. The van der Waals surface area contributed by atoms with Crippen molar-refractivity contribution in [2.75, 3.05) is 25.0 Å². The molecule has 0 unspecified atom stereocenters. The summed E-state index contributed by atoms with van der Waals surface area (Å²) in [7, 11) is 0. The number of urea groups is 1. The zero-order valence-electron chi connectivity index (χ0n) is 12.4. The van der Waals surface area contributed by atoms with Crippen LogP contribution in [0.3, 0.4) is 0 Å². The summed E-state index contributed by atoms with van der Waals surface area (Å²) < 4.78 is 0. The standard InChI is InChI=1S/C16H22ClN3O/c1-12-10-13(17)4-5-14(12)19-15(21)18-11-16-6-2-8-20(16)9-3-7-16/h4-5,10H,2-3,6-9,11H2,1H3,(H2,18,19,21). The van der Waals surface area contributed by atoms with Gasteiger partial charge in [0.2, 0.25) is 0 Å². The highest BCUT2D eigenvalue weighted by molar-refractivity contribution is 6.30. The topological polar surface area (TPSA) is 44.4 Å². The SMILES string of the molecule is Cc1cc(Cl)ccc1NC(=O)NCC12CCCN1CCC2. The third-order valence-corrected chi connectivity index (χ3v) is 5.06. The number of halogens is 1. The van der Waals surface area contributed by atoms with Crippen molar-refractivity contribution in [2.24, 2.45) is 0 Å². The molecule has 114 valence electrons. The third kappa shape index (κ3) is 3.01. The molecule has 0 aliphatic carbocycles. The van der Waals surface area contributed by atoms with Gasteiger partial charge in [0.05, 0.1) is 0 Å². The molecule has 2 N–H and O–H groups in total. The lowest BCUT2D eigenvalue weighted by atomic mass is 9.94. The highest BCUT2D eigenvalue weighted by atomic mass is 35.5. The van der Waals surface area contributed by atoms with E-state index in [0.717, 1.165) is 17.8 Å². The Bertz CT molecular complexity index is 536. The van der Waals surface area contributed by atoms with Crippen molar-refractivity contribution >= 4 is 23.3 Å². The van der Waals surface area contributed by atoms with E-state index in [1.807, 2.05) is 19.1 Å². The molecule has 0 saturated carbocycles. The van der Waals surface area contributed by atoms with Crippen molar-refractivity contribution in [3.05, 3.63) is 28.8 Å². The fourth-order valence-corrected chi connectivity index (χ4v) is 3.92. The Morgan fingerprint density at radius 3 is 2.71 bits per heavy atom. The summed E-state index contributed by atoms with van der Waals surface area (Å²) in [5.41, 5.74) is 2.00. The van der Waals surface area contributed by atoms with Crippen LogP contribution in [0.5, 0.6) is 0 Å². The van der Waals surface area contributed by atoms with Gasteiger partial charge in [0, 0.05) is 22.8 Å². The molecule has 21 heavy (non-hydrogen) atoms. The number of rotatable bonds is 3. The molecule has 3 rings (SSSR count). The molecule has 0 bridgehead atoms. The summed E-state index contributed by atoms with van der Waals surface area (Å²) in [5.74, 6) is 0. The van der Waals surface area contributed by atoms with Crippen LogP contribution in [0.15, 0.2) is 18.2 Å². The van der Waals surface area contributed by atoms with Gasteiger partial charge in [-0.15, -0.1) is 0 Å². The van der Waals surface area contributed by atoms with Gasteiger partial charge in [0.25, 0.3) is 0 Å². The van der Waals surface area contributed by atoms with Crippen molar-refractivity contribution in [1.82, 2.24) is 10.2 Å². The molecule has 2 fully saturated rings. The Morgan fingerprint density at radius 1 is 1.33 bits per heavy atom. The molecule has 0 aromatic heterocycles. The lowest BCUT2D eigenvalue weighted by Crippen LogP contribution is -2.49. The van der Waals surface area contributed by atoms with E-state index in [-0.39, 0.29) is 11.6 Å². The normalized spacial score (nSPS) is 20.3. The molecule has 0 radical (unpaired) electrons. The fraction of sp³-hybridized carbons (Fsp3) is 0.562. The van der Waals surface area contributed by atoms with E-state index < -0.39 is 0 Å². The molecule has 2 heterocycles. The molecule has 5 heteroatoms. The lowest BCUT2D eigenvalue weighted by molar-refractivity contribution is 0.189. The first-order valence-corrected chi connectivity index (χ1v) is 8.03. The molecule has 2 aliphatic rings. The number of amides is 2. The minimum absolute atomic E-state index is 0.131.